The molecule has 0 spiro atoms. The van der Waals surface area contributed by atoms with Crippen molar-refractivity contribution < 1.29 is 41.4 Å². The summed E-state index contributed by atoms with van der Waals surface area (Å²) in [6.45, 7) is 7.66. The number of ether oxygens (including phenoxy) is 3. The van der Waals surface area contributed by atoms with Gasteiger partial charge in [-0.05, 0) is 88.1 Å². The van der Waals surface area contributed by atoms with Gasteiger partial charge in [-0.1, -0.05) is 84.6 Å². The maximum absolute atomic E-state index is 14.9. The molecule has 0 saturated heterocycles. The average molecular weight is 749 g/mol. The first-order valence-corrected chi connectivity index (χ1v) is 20.9. The summed E-state index contributed by atoms with van der Waals surface area (Å²) in [5, 5.41) is -2.12. The summed E-state index contributed by atoms with van der Waals surface area (Å²) >= 11 is 0. The highest BCUT2D eigenvalue weighted by Gasteiger charge is 2.67. The predicted molar refractivity (Wildman–Crippen MR) is 205 cm³/mol. The Labute approximate surface area is 309 Å². The number of benzene rings is 4. The van der Waals surface area contributed by atoms with E-state index in [2.05, 4.69) is 11.8 Å². The molecular weight excluding hydrogens is 698 g/mol. The molecule has 9 nitrogen and oxygen atoms in total. The Morgan fingerprint density at radius 3 is 1.58 bits per heavy atom. The molecule has 0 bridgehead atoms. The monoisotopic (exact) mass is 748 g/mol. The summed E-state index contributed by atoms with van der Waals surface area (Å²) < 4.78 is 71.9. The zero-order chi connectivity index (χ0) is 37.1. The zero-order valence-corrected chi connectivity index (χ0v) is 32.3. The molecule has 4 aromatic carbocycles. The number of rotatable bonds is 22. The minimum absolute atomic E-state index is 0.0180. The van der Waals surface area contributed by atoms with Gasteiger partial charge in [0.2, 0.25) is 0 Å². The van der Waals surface area contributed by atoms with E-state index in [0.717, 1.165) is 16.7 Å². The largest absolute Gasteiger partial charge is 0.489 e. The number of unbranched alkanes of at least 4 members (excludes halogenated alkanes) is 2. The van der Waals surface area contributed by atoms with Gasteiger partial charge in [-0.15, -0.1) is 0 Å². The van der Waals surface area contributed by atoms with E-state index in [1.54, 1.807) is 52.0 Å². The molecule has 4 rings (SSSR count). The summed E-state index contributed by atoms with van der Waals surface area (Å²) in [6, 6.07) is 34.2. The fourth-order valence-corrected chi connectivity index (χ4v) is 10.9. The van der Waals surface area contributed by atoms with Gasteiger partial charge in [-0.25, -0.2) is 0 Å². The van der Waals surface area contributed by atoms with E-state index in [-0.39, 0.29) is 38.6 Å². The second kappa shape index (κ2) is 21.0. The van der Waals surface area contributed by atoms with Crippen molar-refractivity contribution in [2.75, 3.05) is 26.4 Å². The molecule has 278 valence electrons. The smallest absolute Gasteiger partial charge is 0.386 e. The number of para-hydroxylation sites is 1. The molecule has 52 heavy (non-hydrogen) atoms. The van der Waals surface area contributed by atoms with Crippen molar-refractivity contribution in [1.82, 2.24) is 0 Å². The molecule has 0 amide bonds. The Balaban J connectivity index is 1.57. The fourth-order valence-electron chi connectivity index (χ4n) is 5.44. The highest BCUT2D eigenvalue weighted by Crippen LogP contribution is 2.79. The Morgan fingerprint density at radius 1 is 0.558 bits per heavy atom. The maximum atomic E-state index is 14.9. The van der Waals surface area contributed by atoms with E-state index >= 15 is 0 Å². The first kappa shape index (κ1) is 40.9. The minimum Gasteiger partial charge on any atom is -0.489 e. The molecule has 0 aliphatic carbocycles. The highest BCUT2D eigenvalue weighted by atomic mass is 31.2. The molecule has 0 heterocycles. The Bertz CT molecular complexity index is 1740. The van der Waals surface area contributed by atoms with Crippen LogP contribution in [0.5, 0.6) is 17.2 Å². The Morgan fingerprint density at radius 2 is 1.04 bits per heavy atom. The van der Waals surface area contributed by atoms with Crippen molar-refractivity contribution in [3.8, 4) is 29.1 Å². The van der Waals surface area contributed by atoms with Gasteiger partial charge in [0, 0.05) is 12.8 Å². The lowest BCUT2D eigenvalue weighted by atomic mass is 10.1. The second-order valence-electron chi connectivity index (χ2n) is 11.5. The molecule has 4 aromatic rings. The van der Waals surface area contributed by atoms with Gasteiger partial charge in [0.15, 0.2) is 0 Å². The van der Waals surface area contributed by atoms with Crippen molar-refractivity contribution in [1.29, 1.82) is 0 Å². The third-order valence-corrected chi connectivity index (χ3v) is 14.0. The van der Waals surface area contributed by atoms with Crippen LogP contribution in [-0.2, 0) is 40.4 Å². The Kier molecular flexibility index (Phi) is 16.5. The van der Waals surface area contributed by atoms with Crippen molar-refractivity contribution in [3.05, 3.63) is 126 Å². The van der Waals surface area contributed by atoms with Crippen LogP contribution in [-0.4, -0.2) is 31.5 Å². The van der Waals surface area contributed by atoms with Crippen LogP contribution in [0.2, 0.25) is 0 Å². The van der Waals surface area contributed by atoms with Crippen LogP contribution in [0.3, 0.4) is 0 Å². The van der Waals surface area contributed by atoms with Crippen LogP contribution >= 0.6 is 15.2 Å². The van der Waals surface area contributed by atoms with Gasteiger partial charge in [-0.3, -0.25) is 9.13 Å². The first-order chi connectivity index (χ1) is 25.3. The van der Waals surface area contributed by atoms with Gasteiger partial charge in [0.05, 0.1) is 32.0 Å². The first-order valence-electron chi connectivity index (χ1n) is 17.8. The van der Waals surface area contributed by atoms with E-state index in [0.29, 0.717) is 44.0 Å². The normalized spacial score (nSPS) is 11.8. The van der Waals surface area contributed by atoms with Crippen LogP contribution in [0.15, 0.2) is 109 Å². The summed E-state index contributed by atoms with van der Waals surface area (Å²) in [6.07, 6.45) is 1.44. The number of hydrogen-bond donors (Lipinski definition) is 0. The lowest BCUT2D eigenvalue weighted by Gasteiger charge is -2.42. The number of hydrogen-bond acceptors (Lipinski definition) is 9. The van der Waals surface area contributed by atoms with E-state index in [1.165, 1.54) is 0 Å². The molecule has 11 heteroatoms. The summed E-state index contributed by atoms with van der Waals surface area (Å²) in [5.41, 5.74) is 2.87. The summed E-state index contributed by atoms with van der Waals surface area (Å²) in [4.78, 5) is 0. The lowest BCUT2D eigenvalue weighted by Crippen LogP contribution is -2.39. The summed E-state index contributed by atoms with van der Waals surface area (Å²) in [7, 11) is -8.67. The topological polar surface area (TPSA) is 98.8 Å². The average Bonchev–Trinajstić information content (AvgIpc) is 3.16. The van der Waals surface area contributed by atoms with Crippen molar-refractivity contribution in [2.24, 2.45) is 0 Å². The standard InChI is InChI=1S/C41H50O9P2/c1-5-46-51(42,47-6-2)41(52(43,48-7-3)49-8-4,50-39-30-28-38(29-31-39)44-33-35-21-13-11-14-22-35)32-20-10-9-17-25-37-26-18-19-27-40(37)45-34-36-23-15-12-16-24-36/h11-16,18-19,21-24,26-31H,5-10,20,32-34H2,1-4H3. The van der Waals surface area contributed by atoms with Crippen molar-refractivity contribution in [3.63, 3.8) is 0 Å². The van der Waals surface area contributed by atoms with Crippen molar-refractivity contribution in [2.45, 2.75) is 71.7 Å². The predicted octanol–water partition coefficient (Wildman–Crippen LogP) is 11.0. The quantitative estimate of drug-likeness (QED) is 0.0442. The molecule has 0 atom stereocenters. The fraction of sp³-hybridized carbons (Fsp3) is 0.366. The van der Waals surface area contributed by atoms with Crippen LogP contribution in [0.1, 0.15) is 70.1 Å². The van der Waals surface area contributed by atoms with E-state index < -0.39 is 20.3 Å². The third kappa shape index (κ3) is 11.1. The lowest BCUT2D eigenvalue weighted by molar-refractivity contribution is 0.0911. The molecule has 0 aliphatic rings. The van der Waals surface area contributed by atoms with Crippen LogP contribution in [0.4, 0.5) is 0 Å². The van der Waals surface area contributed by atoms with Gasteiger partial charge in [-0.2, -0.15) is 0 Å². The van der Waals surface area contributed by atoms with Crippen LogP contribution < -0.4 is 14.2 Å². The second-order valence-corrected chi connectivity index (χ2v) is 16.4. The zero-order valence-electron chi connectivity index (χ0n) is 30.5. The van der Waals surface area contributed by atoms with Gasteiger partial charge >= 0.3 is 20.3 Å². The van der Waals surface area contributed by atoms with Gasteiger partial charge in [0.25, 0.3) is 0 Å². The molecule has 0 fully saturated rings. The Hall–Kier alpha value is -3.86. The molecule has 0 N–H and O–H groups in total. The third-order valence-electron chi connectivity index (χ3n) is 7.81. The molecule has 0 aromatic heterocycles. The van der Waals surface area contributed by atoms with E-state index in [1.807, 2.05) is 84.9 Å². The van der Waals surface area contributed by atoms with Crippen LogP contribution in [0, 0.1) is 11.8 Å². The van der Waals surface area contributed by atoms with E-state index in [4.69, 9.17) is 32.3 Å². The molecule has 0 aliphatic heterocycles. The van der Waals surface area contributed by atoms with Crippen molar-refractivity contribution >= 4 is 15.2 Å². The molecule has 0 unspecified atom stereocenters. The molecule has 0 radical (unpaired) electrons. The summed E-state index contributed by atoms with van der Waals surface area (Å²) in [5.74, 6) is 8.04. The van der Waals surface area contributed by atoms with Gasteiger partial charge in [0.1, 0.15) is 30.5 Å². The maximum Gasteiger partial charge on any atom is 0.386 e. The highest BCUT2D eigenvalue weighted by molar-refractivity contribution is 7.74. The molecular formula is C41H50O9P2. The SMILES string of the molecule is CCOP(=O)(OCC)C(CCCCC#Cc1ccccc1OCc1ccccc1)(Oc1ccc(OCc2ccccc2)cc1)P(=O)(OCC)OCC. The molecule has 0 saturated carbocycles. The van der Waals surface area contributed by atoms with E-state index in [9.17, 15) is 9.13 Å². The van der Waals surface area contributed by atoms with Gasteiger partial charge < -0.3 is 32.3 Å². The van der Waals surface area contributed by atoms with Crippen LogP contribution in [0.25, 0.3) is 0 Å². The minimum atomic E-state index is -4.33.